The van der Waals surface area contributed by atoms with Gasteiger partial charge < -0.3 is 24.2 Å². The number of piperazine rings is 1. The third-order valence-corrected chi connectivity index (χ3v) is 11.9. The predicted molar refractivity (Wildman–Crippen MR) is 185 cm³/mol. The van der Waals surface area contributed by atoms with E-state index in [4.69, 9.17) is 4.74 Å². The van der Waals surface area contributed by atoms with Crippen LogP contribution in [0.4, 0.5) is 0 Å². The number of hydrogen-bond donors (Lipinski definition) is 2. The van der Waals surface area contributed by atoms with Gasteiger partial charge in [0, 0.05) is 67.9 Å². The maximum absolute atomic E-state index is 14.3. The van der Waals surface area contributed by atoms with Gasteiger partial charge >= 0.3 is 10.2 Å². The normalized spacial score (nSPS) is 19.2. The van der Waals surface area contributed by atoms with Crippen molar-refractivity contribution in [3.05, 3.63) is 58.7 Å². The van der Waals surface area contributed by atoms with Crippen molar-refractivity contribution in [2.45, 2.75) is 63.0 Å². The molecule has 0 spiro atoms. The Balaban J connectivity index is 1.32. The van der Waals surface area contributed by atoms with E-state index < -0.39 is 21.7 Å². The molecule has 4 aliphatic rings. The fourth-order valence-corrected chi connectivity index (χ4v) is 8.06. The molecular weight excluding hydrogens is 646 g/mol. The first-order chi connectivity index (χ1) is 23.4. The minimum atomic E-state index is -4.01. The molecule has 0 atom stereocenters. The molecule has 260 valence electrons. The van der Waals surface area contributed by atoms with Crippen molar-refractivity contribution in [3.63, 3.8) is 0 Å². The monoisotopic (exact) mass is 689 g/mol. The molecule has 7 rings (SSSR count). The van der Waals surface area contributed by atoms with Crippen LogP contribution in [-0.2, 0) is 26.3 Å². The van der Waals surface area contributed by atoms with E-state index in [0.29, 0.717) is 50.3 Å². The number of amides is 3. The summed E-state index contributed by atoms with van der Waals surface area (Å²) in [5, 5.41) is 11.3. The number of nitrogens with zero attached hydrogens (tertiary/aromatic N) is 4. The minimum Gasteiger partial charge on any atom is -0.497 e. The van der Waals surface area contributed by atoms with E-state index >= 15 is 0 Å². The van der Waals surface area contributed by atoms with E-state index in [2.05, 4.69) is 9.29 Å². The van der Waals surface area contributed by atoms with Crippen molar-refractivity contribution in [2.75, 3.05) is 47.4 Å². The van der Waals surface area contributed by atoms with Crippen molar-refractivity contribution in [3.8, 4) is 17.0 Å². The van der Waals surface area contributed by atoms with Gasteiger partial charge in [0.25, 0.3) is 17.7 Å². The van der Waals surface area contributed by atoms with Crippen LogP contribution in [0.3, 0.4) is 0 Å². The highest BCUT2D eigenvalue weighted by molar-refractivity contribution is 7.87. The summed E-state index contributed by atoms with van der Waals surface area (Å²) in [4.78, 5) is 43.8. The van der Waals surface area contributed by atoms with E-state index in [1.165, 1.54) is 26.1 Å². The van der Waals surface area contributed by atoms with Crippen LogP contribution in [0.2, 0.25) is 0 Å². The molecule has 2 N–H and O–H groups in total. The third-order valence-electron chi connectivity index (χ3n) is 10.5. The van der Waals surface area contributed by atoms with Gasteiger partial charge in [-0.2, -0.15) is 12.7 Å². The van der Waals surface area contributed by atoms with Crippen LogP contribution >= 0.6 is 0 Å². The lowest BCUT2D eigenvalue weighted by Gasteiger charge is -2.36. The average molecular weight is 690 g/mol. The Morgan fingerprint density at radius 2 is 1.65 bits per heavy atom. The van der Waals surface area contributed by atoms with E-state index in [0.717, 1.165) is 57.7 Å². The van der Waals surface area contributed by atoms with Gasteiger partial charge in [0.1, 0.15) is 11.4 Å². The topological polar surface area (TPSA) is 141 Å². The van der Waals surface area contributed by atoms with Crippen LogP contribution < -0.4 is 9.46 Å². The van der Waals surface area contributed by atoms with E-state index in [1.54, 1.807) is 29.0 Å². The summed E-state index contributed by atoms with van der Waals surface area (Å²) >= 11 is 0. The first-order valence-corrected chi connectivity index (χ1v) is 18.4. The highest BCUT2D eigenvalue weighted by atomic mass is 32.2. The molecule has 2 aliphatic heterocycles. The summed E-state index contributed by atoms with van der Waals surface area (Å²) in [6.45, 7) is 1.62. The van der Waals surface area contributed by atoms with Crippen LogP contribution in [0.1, 0.15) is 72.3 Å². The summed E-state index contributed by atoms with van der Waals surface area (Å²) in [7, 11) is 0.311. The first kappa shape index (κ1) is 33.3. The minimum absolute atomic E-state index is 0.147. The molecule has 2 saturated carbocycles. The molecule has 3 fully saturated rings. The smallest absolute Gasteiger partial charge is 0.303 e. The van der Waals surface area contributed by atoms with Gasteiger partial charge in [-0.05, 0) is 79.1 Å². The van der Waals surface area contributed by atoms with Gasteiger partial charge in [-0.15, -0.1) is 0 Å². The molecule has 49 heavy (non-hydrogen) atoms. The van der Waals surface area contributed by atoms with Gasteiger partial charge in [-0.3, -0.25) is 14.4 Å². The Kier molecular flexibility index (Phi) is 8.56. The zero-order valence-corrected chi connectivity index (χ0v) is 29.0. The van der Waals surface area contributed by atoms with Gasteiger partial charge in [0.15, 0.2) is 0 Å². The summed E-state index contributed by atoms with van der Waals surface area (Å²) in [5.74, 6) is -0.200. The number of hydrogen-bond acceptors (Lipinski definition) is 7. The molecule has 13 heteroatoms. The molecule has 0 unspecified atom stereocenters. The first-order valence-electron chi connectivity index (χ1n) is 17.0. The Bertz CT molecular complexity index is 1980. The Morgan fingerprint density at radius 3 is 2.31 bits per heavy atom. The lowest BCUT2D eigenvalue weighted by molar-refractivity contribution is -0.146. The Morgan fingerprint density at radius 1 is 0.959 bits per heavy atom. The highest BCUT2D eigenvalue weighted by Crippen LogP contribution is 2.47. The van der Waals surface area contributed by atoms with E-state index in [-0.39, 0.29) is 29.8 Å². The standard InChI is InChI=1S/C36H43N5O7S/c1-38(2)49(46,47)37-33(42)24-9-11-29-30(21-24)41-22-26(34(43)39-15-17-40(18-16-39)35(44)36(45)13-14-36)19-25-20-27(48-3)10-12-28(25)32(41)31(29)23-7-5-4-6-8-23/h9-12,19-21,23,45H,4-8,13-18,22H2,1-3H3,(H,37,42). The van der Waals surface area contributed by atoms with Crippen molar-refractivity contribution >= 4 is 44.9 Å². The molecule has 2 aromatic carbocycles. The molecule has 0 radical (unpaired) electrons. The number of nitrogens with one attached hydrogen (secondary N) is 1. The molecule has 3 heterocycles. The lowest BCUT2D eigenvalue weighted by atomic mass is 9.81. The van der Waals surface area contributed by atoms with Crippen molar-refractivity contribution in [1.29, 1.82) is 0 Å². The second kappa shape index (κ2) is 12.6. The maximum Gasteiger partial charge on any atom is 0.303 e. The van der Waals surface area contributed by atoms with Gasteiger partial charge in [0.2, 0.25) is 0 Å². The number of carbonyl (C=O) groups is 3. The molecular formula is C36H43N5O7S. The number of carbonyl (C=O) groups excluding carboxylic acids is 3. The van der Waals surface area contributed by atoms with Crippen LogP contribution in [0, 0.1) is 0 Å². The fourth-order valence-electron chi connectivity index (χ4n) is 7.52. The number of rotatable bonds is 7. The van der Waals surface area contributed by atoms with Gasteiger partial charge in [0.05, 0.1) is 19.3 Å². The summed E-state index contributed by atoms with van der Waals surface area (Å²) in [6.07, 6.45) is 8.34. The number of fused-ring (bicyclic) bond motifs is 5. The number of aliphatic hydroxyl groups is 1. The fraction of sp³-hybridized carbons (Fsp3) is 0.472. The van der Waals surface area contributed by atoms with E-state index in [1.807, 2.05) is 30.3 Å². The zero-order valence-electron chi connectivity index (χ0n) is 28.2. The molecule has 1 saturated heterocycles. The molecule has 0 bridgehead atoms. The third kappa shape index (κ3) is 6.12. The quantitative estimate of drug-likeness (QED) is 0.387. The molecule has 1 aromatic heterocycles. The molecule has 3 amide bonds. The summed E-state index contributed by atoms with van der Waals surface area (Å²) in [6, 6.07) is 11.2. The van der Waals surface area contributed by atoms with Gasteiger partial charge in [-0.25, -0.2) is 4.72 Å². The summed E-state index contributed by atoms with van der Waals surface area (Å²) < 4.78 is 35.9. The van der Waals surface area contributed by atoms with Crippen LogP contribution in [0.15, 0.2) is 42.0 Å². The number of aromatic nitrogens is 1. The highest BCUT2D eigenvalue weighted by Gasteiger charge is 2.50. The predicted octanol–water partition coefficient (Wildman–Crippen LogP) is 3.49. The second-order valence-electron chi connectivity index (χ2n) is 13.9. The molecule has 2 aliphatic carbocycles. The van der Waals surface area contributed by atoms with E-state index in [9.17, 15) is 27.9 Å². The molecule has 3 aromatic rings. The Hall–Kier alpha value is -4.20. The Labute approximate surface area is 286 Å². The van der Waals surface area contributed by atoms with Crippen LogP contribution in [0.25, 0.3) is 28.2 Å². The average Bonchev–Trinajstić information content (AvgIpc) is 3.82. The second-order valence-corrected chi connectivity index (χ2v) is 15.8. The number of methoxy groups -OCH3 is 1. The largest absolute Gasteiger partial charge is 0.497 e. The SMILES string of the molecule is COc1ccc2c(c1)C=C(C(=O)N1CCN(C(=O)C3(O)CC3)CC1)Cn1c-2c(C2CCCCC2)c2ccc(C(=O)NS(=O)(=O)N(C)C)cc21. The van der Waals surface area contributed by atoms with Crippen molar-refractivity contribution in [1.82, 2.24) is 23.4 Å². The zero-order chi connectivity index (χ0) is 34.7. The van der Waals surface area contributed by atoms with Crippen LogP contribution in [0.5, 0.6) is 5.75 Å². The van der Waals surface area contributed by atoms with Gasteiger partial charge in [-0.1, -0.05) is 25.3 Å². The lowest BCUT2D eigenvalue weighted by Crippen LogP contribution is -2.53. The number of ether oxygens (including phenoxy) is 1. The van der Waals surface area contributed by atoms with Crippen molar-refractivity contribution < 1.29 is 32.6 Å². The van der Waals surface area contributed by atoms with Crippen molar-refractivity contribution in [2.24, 2.45) is 0 Å². The maximum atomic E-state index is 14.3. The summed E-state index contributed by atoms with van der Waals surface area (Å²) in [5.41, 5.74) is 4.23. The molecule has 12 nitrogen and oxygen atoms in total. The van der Waals surface area contributed by atoms with Crippen LogP contribution in [-0.4, -0.2) is 103 Å². The number of benzene rings is 2.